The molecule has 1 aliphatic heterocycles. The third-order valence-corrected chi connectivity index (χ3v) is 3.89. The summed E-state index contributed by atoms with van der Waals surface area (Å²) in [5, 5.41) is 18.6. The molecule has 0 aliphatic carbocycles. The molecule has 0 atom stereocenters. The Balaban J connectivity index is 1.99. The van der Waals surface area contributed by atoms with Crippen LogP contribution in [0.1, 0.15) is 23.3 Å². The molecule has 0 bridgehead atoms. The van der Waals surface area contributed by atoms with Gasteiger partial charge in [-0.3, -0.25) is 4.40 Å². The first-order valence-electron chi connectivity index (χ1n) is 6.77. The number of carbonyl (C=O) groups is 1. The van der Waals surface area contributed by atoms with Crippen LogP contribution in [0.5, 0.6) is 0 Å². The number of carboxylic acids is 1. The third-order valence-electron chi connectivity index (χ3n) is 3.89. The Labute approximate surface area is 116 Å². The first kappa shape index (κ1) is 12.9. The van der Waals surface area contributed by atoms with Gasteiger partial charge in [0.25, 0.3) is 0 Å². The number of aromatic nitrogens is 2. The minimum absolute atomic E-state index is 0.199. The molecular weight excluding hydrogens is 258 g/mol. The van der Waals surface area contributed by atoms with Gasteiger partial charge < -0.3 is 15.1 Å². The molecule has 20 heavy (non-hydrogen) atoms. The number of nitrogens with zero attached hydrogens (tertiary/aromatic N) is 3. The number of anilines is 1. The summed E-state index contributed by atoms with van der Waals surface area (Å²) in [5.41, 5.74) is 0.854. The summed E-state index contributed by atoms with van der Waals surface area (Å²) in [6, 6.07) is 5.44. The van der Waals surface area contributed by atoms with Crippen LogP contribution in [0, 0.1) is 5.92 Å². The molecule has 0 aromatic carbocycles. The van der Waals surface area contributed by atoms with Gasteiger partial charge in [-0.1, -0.05) is 6.07 Å². The third kappa shape index (κ3) is 2.12. The molecule has 2 N–H and O–H groups in total. The van der Waals surface area contributed by atoms with Crippen molar-refractivity contribution in [2.45, 2.75) is 12.8 Å². The van der Waals surface area contributed by atoms with E-state index in [4.69, 9.17) is 0 Å². The van der Waals surface area contributed by atoms with E-state index in [-0.39, 0.29) is 12.3 Å². The van der Waals surface area contributed by atoms with Crippen LogP contribution in [0.2, 0.25) is 0 Å². The largest absolute Gasteiger partial charge is 0.476 e. The Morgan fingerprint density at radius 3 is 2.75 bits per heavy atom. The van der Waals surface area contributed by atoms with Crippen LogP contribution in [-0.2, 0) is 0 Å². The smallest absolute Gasteiger partial charge is 0.356 e. The fraction of sp³-hybridized carbons (Fsp3) is 0.429. The molecule has 106 valence electrons. The van der Waals surface area contributed by atoms with Crippen molar-refractivity contribution < 1.29 is 15.0 Å². The molecule has 1 aliphatic rings. The molecular formula is C14H17N3O3. The number of hydrogen-bond donors (Lipinski definition) is 2. The molecule has 0 amide bonds. The van der Waals surface area contributed by atoms with Crippen molar-refractivity contribution in [1.82, 2.24) is 9.38 Å². The average Bonchev–Trinajstić information content (AvgIpc) is 2.86. The fourth-order valence-corrected chi connectivity index (χ4v) is 2.73. The van der Waals surface area contributed by atoms with Crippen LogP contribution >= 0.6 is 0 Å². The zero-order valence-corrected chi connectivity index (χ0v) is 11.1. The van der Waals surface area contributed by atoms with Crippen LogP contribution in [0.15, 0.2) is 24.4 Å². The number of fused-ring (bicyclic) bond motifs is 1. The van der Waals surface area contributed by atoms with Gasteiger partial charge in [-0.2, -0.15) is 0 Å². The van der Waals surface area contributed by atoms with Crippen LogP contribution in [-0.4, -0.2) is 45.3 Å². The maximum Gasteiger partial charge on any atom is 0.356 e. The number of imidazole rings is 1. The van der Waals surface area contributed by atoms with Crippen LogP contribution in [0.25, 0.3) is 5.65 Å². The van der Waals surface area contributed by atoms with Gasteiger partial charge in [0.05, 0.1) is 0 Å². The standard InChI is InChI=1S/C14H17N3O3/c18-9-10-4-7-16(8-5-10)13-12(14(19)20)17-6-2-1-3-11(17)15-13/h1-3,6,10,18H,4-5,7-9H2,(H,19,20). The second kappa shape index (κ2) is 5.13. The quantitative estimate of drug-likeness (QED) is 0.881. The summed E-state index contributed by atoms with van der Waals surface area (Å²) < 4.78 is 1.61. The van der Waals surface area contributed by atoms with E-state index >= 15 is 0 Å². The van der Waals surface area contributed by atoms with Gasteiger partial charge in [-0.05, 0) is 30.9 Å². The number of aliphatic hydroxyl groups excluding tert-OH is 1. The summed E-state index contributed by atoms with van der Waals surface area (Å²) in [6.07, 6.45) is 3.45. The first-order valence-corrected chi connectivity index (χ1v) is 6.77. The number of rotatable bonds is 3. The zero-order valence-electron chi connectivity index (χ0n) is 11.1. The van der Waals surface area contributed by atoms with Gasteiger partial charge in [-0.15, -0.1) is 0 Å². The Kier molecular flexibility index (Phi) is 3.31. The number of aliphatic hydroxyl groups is 1. The summed E-state index contributed by atoms with van der Waals surface area (Å²) in [5.74, 6) is -0.125. The van der Waals surface area contributed by atoms with Crippen LogP contribution in [0.4, 0.5) is 5.82 Å². The van der Waals surface area contributed by atoms with Crippen LogP contribution < -0.4 is 4.90 Å². The number of piperidine rings is 1. The summed E-state index contributed by atoms with van der Waals surface area (Å²) in [7, 11) is 0. The monoisotopic (exact) mass is 275 g/mol. The van der Waals surface area contributed by atoms with Crippen molar-refractivity contribution in [1.29, 1.82) is 0 Å². The van der Waals surface area contributed by atoms with Crippen molar-refractivity contribution in [3.05, 3.63) is 30.1 Å². The van der Waals surface area contributed by atoms with E-state index in [0.717, 1.165) is 25.9 Å². The van der Waals surface area contributed by atoms with Gasteiger partial charge in [-0.25, -0.2) is 9.78 Å². The molecule has 1 fully saturated rings. The molecule has 0 unspecified atom stereocenters. The number of carboxylic acid groups (broad SMARTS) is 1. The fourth-order valence-electron chi connectivity index (χ4n) is 2.73. The number of aromatic carboxylic acids is 1. The lowest BCUT2D eigenvalue weighted by Crippen LogP contribution is -2.35. The van der Waals surface area contributed by atoms with Crippen molar-refractivity contribution in [2.75, 3.05) is 24.6 Å². The predicted octanol–water partition coefficient (Wildman–Crippen LogP) is 1.24. The van der Waals surface area contributed by atoms with Gasteiger partial charge in [0, 0.05) is 25.9 Å². The maximum atomic E-state index is 11.5. The van der Waals surface area contributed by atoms with E-state index in [2.05, 4.69) is 4.98 Å². The van der Waals surface area contributed by atoms with E-state index in [1.165, 1.54) is 0 Å². The minimum Gasteiger partial charge on any atom is -0.476 e. The van der Waals surface area contributed by atoms with Gasteiger partial charge in [0.1, 0.15) is 5.65 Å². The molecule has 0 spiro atoms. The van der Waals surface area contributed by atoms with E-state index in [1.807, 2.05) is 11.0 Å². The summed E-state index contributed by atoms with van der Waals surface area (Å²) in [6.45, 7) is 1.66. The van der Waals surface area contributed by atoms with Gasteiger partial charge in [0.2, 0.25) is 0 Å². The van der Waals surface area contributed by atoms with E-state index in [0.29, 0.717) is 17.4 Å². The van der Waals surface area contributed by atoms with Crippen molar-refractivity contribution in [2.24, 2.45) is 5.92 Å². The Morgan fingerprint density at radius 2 is 2.10 bits per heavy atom. The highest BCUT2D eigenvalue weighted by atomic mass is 16.4. The molecule has 6 heteroatoms. The topological polar surface area (TPSA) is 78.1 Å². The zero-order chi connectivity index (χ0) is 14.1. The van der Waals surface area contributed by atoms with Crippen molar-refractivity contribution >= 4 is 17.4 Å². The lowest BCUT2D eigenvalue weighted by Gasteiger charge is -2.31. The van der Waals surface area contributed by atoms with E-state index in [9.17, 15) is 15.0 Å². The Bertz CT molecular complexity index is 630. The average molecular weight is 275 g/mol. The van der Waals surface area contributed by atoms with Gasteiger partial charge >= 0.3 is 5.97 Å². The molecule has 2 aromatic heterocycles. The maximum absolute atomic E-state index is 11.5. The molecule has 2 aromatic rings. The Hall–Kier alpha value is -2.08. The van der Waals surface area contributed by atoms with E-state index < -0.39 is 5.97 Å². The molecule has 6 nitrogen and oxygen atoms in total. The normalized spacial score (nSPS) is 16.8. The highest BCUT2D eigenvalue weighted by molar-refractivity contribution is 5.93. The summed E-state index contributed by atoms with van der Waals surface area (Å²) >= 11 is 0. The van der Waals surface area contributed by atoms with Gasteiger partial charge in [0.15, 0.2) is 11.5 Å². The van der Waals surface area contributed by atoms with Crippen molar-refractivity contribution in [3.8, 4) is 0 Å². The second-order valence-corrected chi connectivity index (χ2v) is 5.13. The second-order valence-electron chi connectivity index (χ2n) is 5.13. The molecule has 3 heterocycles. The molecule has 3 rings (SSSR count). The van der Waals surface area contributed by atoms with E-state index in [1.54, 1.807) is 22.7 Å². The molecule has 0 saturated carbocycles. The lowest BCUT2D eigenvalue weighted by molar-refractivity contribution is 0.0690. The predicted molar refractivity (Wildman–Crippen MR) is 74.2 cm³/mol. The number of pyridine rings is 1. The van der Waals surface area contributed by atoms with Crippen LogP contribution in [0.3, 0.4) is 0 Å². The highest BCUT2D eigenvalue weighted by Gasteiger charge is 2.26. The minimum atomic E-state index is -0.969. The SMILES string of the molecule is O=C(O)c1c(N2CCC(CO)CC2)nc2ccccn12. The number of hydrogen-bond acceptors (Lipinski definition) is 4. The summed E-state index contributed by atoms with van der Waals surface area (Å²) in [4.78, 5) is 18.0. The first-order chi connectivity index (χ1) is 9.70. The molecule has 0 radical (unpaired) electrons. The lowest BCUT2D eigenvalue weighted by atomic mass is 9.98. The van der Waals surface area contributed by atoms with Crippen molar-refractivity contribution in [3.63, 3.8) is 0 Å². The highest BCUT2D eigenvalue weighted by Crippen LogP contribution is 2.26. The molecule has 1 saturated heterocycles. The Morgan fingerprint density at radius 1 is 1.35 bits per heavy atom.